The van der Waals surface area contributed by atoms with Gasteiger partial charge in [-0.3, -0.25) is 10.1 Å². The van der Waals surface area contributed by atoms with E-state index in [0.717, 1.165) is 6.08 Å². The lowest BCUT2D eigenvalue weighted by Gasteiger charge is -2.03. The zero-order chi connectivity index (χ0) is 14.1. The van der Waals surface area contributed by atoms with E-state index in [1.807, 2.05) is 5.32 Å². The Kier molecular flexibility index (Phi) is 5.87. The van der Waals surface area contributed by atoms with Gasteiger partial charge in [-0.2, -0.15) is 0 Å². The Morgan fingerprint density at radius 3 is 2.79 bits per heavy atom. The van der Waals surface area contributed by atoms with Crippen molar-refractivity contribution < 1.29 is 28.3 Å². The third kappa shape index (κ3) is 6.06. The SMILES string of the molecule is CCOC(=O)NC(=O)COC(=O)C=Cc1ccco1. The van der Waals surface area contributed by atoms with Crippen molar-refractivity contribution in [3.63, 3.8) is 0 Å². The maximum Gasteiger partial charge on any atom is 0.413 e. The van der Waals surface area contributed by atoms with E-state index in [4.69, 9.17) is 4.42 Å². The van der Waals surface area contributed by atoms with Crippen LogP contribution in [0.5, 0.6) is 0 Å². The summed E-state index contributed by atoms with van der Waals surface area (Å²) in [5, 5.41) is 1.89. The number of hydrogen-bond acceptors (Lipinski definition) is 6. The third-order valence-electron chi connectivity index (χ3n) is 1.79. The van der Waals surface area contributed by atoms with E-state index >= 15 is 0 Å². The number of hydrogen-bond donors (Lipinski definition) is 1. The molecule has 0 bridgehead atoms. The molecule has 0 aliphatic carbocycles. The van der Waals surface area contributed by atoms with Crippen LogP contribution < -0.4 is 5.32 Å². The average molecular weight is 267 g/mol. The number of carbonyl (C=O) groups is 3. The van der Waals surface area contributed by atoms with Crippen molar-refractivity contribution in [1.29, 1.82) is 0 Å². The number of rotatable bonds is 5. The summed E-state index contributed by atoms with van der Waals surface area (Å²) in [6.07, 6.45) is 3.08. The summed E-state index contributed by atoms with van der Waals surface area (Å²) in [6, 6.07) is 3.31. The molecule has 1 heterocycles. The lowest BCUT2D eigenvalue weighted by Crippen LogP contribution is -2.34. The van der Waals surface area contributed by atoms with E-state index < -0.39 is 24.6 Å². The number of imide groups is 1. The number of amides is 2. The van der Waals surface area contributed by atoms with Gasteiger partial charge in [0.25, 0.3) is 5.91 Å². The van der Waals surface area contributed by atoms with E-state index in [2.05, 4.69) is 9.47 Å². The molecule has 1 rings (SSSR count). The zero-order valence-corrected chi connectivity index (χ0v) is 10.3. The Bertz CT molecular complexity index is 463. The summed E-state index contributed by atoms with van der Waals surface area (Å²) in [6.45, 7) is 1.18. The fraction of sp³-hybridized carbons (Fsp3) is 0.250. The van der Waals surface area contributed by atoms with Crippen LogP contribution in [0.15, 0.2) is 28.9 Å². The first-order valence-electron chi connectivity index (χ1n) is 5.46. The molecule has 19 heavy (non-hydrogen) atoms. The summed E-state index contributed by atoms with van der Waals surface area (Å²) < 4.78 is 14.0. The summed E-state index contributed by atoms with van der Waals surface area (Å²) in [7, 11) is 0. The lowest BCUT2D eigenvalue weighted by molar-refractivity contribution is -0.143. The molecule has 0 radical (unpaired) electrons. The molecule has 1 aromatic heterocycles. The lowest BCUT2D eigenvalue weighted by atomic mass is 10.4. The van der Waals surface area contributed by atoms with Gasteiger partial charge in [0.15, 0.2) is 6.61 Å². The van der Waals surface area contributed by atoms with Crippen molar-refractivity contribution in [3.05, 3.63) is 30.2 Å². The molecule has 0 aliphatic rings. The van der Waals surface area contributed by atoms with Crippen LogP contribution in [-0.4, -0.2) is 31.2 Å². The number of ether oxygens (including phenoxy) is 2. The zero-order valence-electron chi connectivity index (χ0n) is 10.3. The van der Waals surface area contributed by atoms with Crippen LogP contribution in [0.25, 0.3) is 6.08 Å². The molecule has 1 aromatic rings. The van der Waals surface area contributed by atoms with E-state index in [9.17, 15) is 14.4 Å². The van der Waals surface area contributed by atoms with E-state index in [0.29, 0.717) is 5.76 Å². The van der Waals surface area contributed by atoms with Gasteiger partial charge in [0.2, 0.25) is 0 Å². The van der Waals surface area contributed by atoms with Crippen molar-refractivity contribution in [1.82, 2.24) is 5.32 Å². The van der Waals surface area contributed by atoms with Crippen LogP contribution in [0, 0.1) is 0 Å². The summed E-state index contributed by atoms with van der Waals surface area (Å²) in [5.74, 6) is -1.01. The summed E-state index contributed by atoms with van der Waals surface area (Å²) in [4.78, 5) is 33.2. The fourth-order valence-corrected chi connectivity index (χ4v) is 1.04. The molecule has 0 aliphatic heterocycles. The highest BCUT2D eigenvalue weighted by molar-refractivity contribution is 5.94. The first-order valence-corrected chi connectivity index (χ1v) is 5.46. The van der Waals surface area contributed by atoms with Gasteiger partial charge < -0.3 is 13.9 Å². The molecule has 0 spiro atoms. The second kappa shape index (κ2) is 7.70. The molecule has 0 aromatic carbocycles. The van der Waals surface area contributed by atoms with Crippen LogP contribution in [0.1, 0.15) is 12.7 Å². The maximum absolute atomic E-state index is 11.2. The van der Waals surface area contributed by atoms with Crippen molar-refractivity contribution >= 4 is 24.0 Å². The van der Waals surface area contributed by atoms with Gasteiger partial charge in [0, 0.05) is 6.08 Å². The number of alkyl carbamates (subject to hydrolysis) is 1. The molecule has 0 saturated carbocycles. The molecular weight excluding hydrogens is 254 g/mol. The van der Waals surface area contributed by atoms with Crippen LogP contribution in [0.2, 0.25) is 0 Å². The molecule has 0 atom stereocenters. The molecule has 1 N–H and O–H groups in total. The Labute approximate surface area is 109 Å². The highest BCUT2D eigenvalue weighted by Gasteiger charge is 2.09. The van der Waals surface area contributed by atoms with E-state index in [1.54, 1.807) is 19.1 Å². The van der Waals surface area contributed by atoms with Gasteiger partial charge >= 0.3 is 12.1 Å². The van der Waals surface area contributed by atoms with Gasteiger partial charge in [-0.15, -0.1) is 0 Å². The molecule has 0 unspecified atom stereocenters. The highest BCUT2D eigenvalue weighted by atomic mass is 16.6. The molecule has 7 nitrogen and oxygen atoms in total. The van der Waals surface area contributed by atoms with Crippen molar-refractivity contribution in [2.45, 2.75) is 6.92 Å². The van der Waals surface area contributed by atoms with E-state index in [-0.39, 0.29) is 6.61 Å². The third-order valence-corrected chi connectivity index (χ3v) is 1.79. The van der Waals surface area contributed by atoms with Gasteiger partial charge in [-0.1, -0.05) is 0 Å². The monoisotopic (exact) mass is 267 g/mol. The van der Waals surface area contributed by atoms with Crippen LogP contribution in [0.4, 0.5) is 4.79 Å². The largest absolute Gasteiger partial charge is 0.465 e. The second-order valence-corrected chi connectivity index (χ2v) is 3.23. The Morgan fingerprint density at radius 1 is 1.37 bits per heavy atom. The van der Waals surface area contributed by atoms with Crippen molar-refractivity contribution in [2.24, 2.45) is 0 Å². The molecule has 7 heteroatoms. The van der Waals surface area contributed by atoms with Gasteiger partial charge in [-0.05, 0) is 25.1 Å². The summed E-state index contributed by atoms with van der Waals surface area (Å²) >= 11 is 0. The van der Waals surface area contributed by atoms with Crippen LogP contribution in [-0.2, 0) is 19.1 Å². The maximum atomic E-state index is 11.2. The number of carbonyl (C=O) groups excluding carboxylic acids is 3. The number of nitrogens with one attached hydrogen (secondary N) is 1. The Morgan fingerprint density at radius 2 is 2.16 bits per heavy atom. The topological polar surface area (TPSA) is 94.8 Å². The minimum atomic E-state index is -0.880. The normalized spacial score (nSPS) is 10.2. The second-order valence-electron chi connectivity index (χ2n) is 3.23. The van der Waals surface area contributed by atoms with Crippen molar-refractivity contribution in [2.75, 3.05) is 13.2 Å². The predicted octanol–water partition coefficient (Wildman–Crippen LogP) is 1.11. The van der Waals surface area contributed by atoms with Crippen LogP contribution >= 0.6 is 0 Å². The Hall–Kier alpha value is -2.57. The molecular formula is C12H13NO6. The molecule has 102 valence electrons. The smallest absolute Gasteiger partial charge is 0.413 e. The quantitative estimate of drug-likeness (QED) is 0.634. The first kappa shape index (κ1) is 14.5. The molecule has 0 saturated heterocycles. The Balaban J connectivity index is 2.26. The first-order chi connectivity index (χ1) is 9.11. The predicted molar refractivity (Wildman–Crippen MR) is 63.9 cm³/mol. The number of furan rings is 1. The molecule has 2 amide bonds. The van der Waals surface area contributed by atoms with Gasteiger partial charge in [-0.25, -0.2) is 9.59 Å². The van der Waals surface area contributed by atoms with Gasteiger partial charge in [0.1, 0.15) is 5.76 Å². The minimum absolute atomic E-state index is 0.144. The number of esters is 1. The van der Waals surface area contributed by atoms with Crippen LogP contribution in [0.3, 0.4) is 0 Å². The average Bonchev–Trinajstić information content (AvgIpc) is 2.87. The van der Waals surface area contributed by atoms with Gasteiger partial charge in [0.05, 0.1) is 12.9 Å². The van der Waals surface area contributed by atoms with E-state index in [1.165, 1.54) is 12.3 Å². The highest BCUT2D eigenvalue weighted by Crippen LogP contribution is 2.02. The van der Waals surface area contributed by atoms with Crippen molar-refractivity contribution in [3.8, 4) is 0 Å². The standard InChI is InChI=1S/C12H13NO6/c1-2-17-12(16)13-10(14)8-19-11(15)6-5-9-4-3-7-18-9/h3-7H,2,8H2,1H3,(H,13,14,16). The minimum Gasteiger partial charge on any atom is -0.465 e. The summed E-state index contributed by atoms with van der Waals surface area (Å²) in [5.41, 5.74) is 0. The molecule has 0 fully saturated rings. The fourth-order valence-electron chi connectivity index (χ4n) is 1.04.